The van der Waals surface area contributed by atoms with Crippen LogP contribution in [-0.2, 0) is 4.79 Å². The van der Waals surface area contributed by atoms with E-state index in [1.54, 1.807) is 11.9 Å². The Balaban J connectivity index is 2.50. The molecule has 11 heavy (non-hydrogen) atoms. The predicted octanol–water partition coefficient (Wildman–Crippen LogP) is -0.474. The van der Waals surface area contributed by atoms with E-state index in [9.17, 15) is 4.79 Å². The molecule has 0 aromatic carbocycles. The SMILES string of the molecule is CN1CC(O)CCC1C(=O)O. The van der Waals surface area contributed by atoms with Gasteiger partial charge in [-0.15, -0.1) is 0 Å². The minimum Gasteiger partial charge on any atom is -0.480 e. The van der Waals surface area contributed by atoms with Crippen LogP contribution in [0.3, 0.4) is 0 Å². The molecule has 1 aliphatic heterocycles. The zero-order valence-corrected chi connectivity index (χ0v) is 6.53. The number of aliphatic carboxylic acids is 1. The van der Waals surface area contributed by atoms with Crippen LogP contribution in [0, 0.1) is 0 Å². The standard InChI is InChI=1S/C7H13NO3/c1-8-4-5(9)2-3-6(8)7(10)11/h5-6,9H,2-4H2,1H3,(H,10,11). The Hall–Kier alpha value is -0.610. The minimum atomic E-state index is -0.792. The van der Waals surface area contributed by atoms with Crippen LogP contribution < -0.4 is 0 Å². The molecule has 64 valence electrons. The molecule has 0 saturated carbocycles. The van der Waals surface area contributed by atoms with Gasteiger partial charge in [0.25, 0.3) is 0 Å². The van der Waals surface area contributed by atoms with Gasteiger partial charge in [-0.1, -0.05) is 0 Å². The van der Waals surface area contributed by atoms with Gasteiger partial charge in [0.15, 0.2) is 0 Å². The largest absolute Gasteiger partial charge is 0.480 e. The third-order valence-electron chi connectivity index (χ3n) is 2.09. The van der Waals surface area contributed by atoms with Crippen molar-refractivity contribution in [3.8, 4) is 0 Å². The molecule has 0 aromatic rings. The molecule has 2 atom stereocenters. The number of β-amino-alcohol motifs (C(OH)–C–C–N with tert-alkyl or cyclic N) is 1. The van der Waals surface area contributed by atoms with E-state index in [-0.39, 0.29) is 6.10 Å². The highest BCUT2D eigenvalue weighted by Crippen LogP contribution is 2.15. The molecule has 0 aromatic heterocycles. The van der Waals surface area contributed by atoms with Gasteiger partial charge in [0.05, 0.1) is 6.10 Å². The van der Waals surface area contributed by atoms with E-state index in [0.717, 1.165) is 0 Å². The number of aliphatic hydroxyl groups excluding tert-OH is 1. The van der Waals surface area contributed by atoms with Gasteiger partial charge < -0.3 is 10.2 Å². The molecule has 0 bridgehead atoms. The van der Waals surface area contributed by atoms with Gasteiger partial charge in [-0.05, 0) is 19.9 Å². The molecule has 0 aliphatic carbocycles. The van der Waals surface area contributed by atoms with Crippen molar-refractivity contribution in [2.24, 2.45) is 0 Å². The fraction of sp³-hybridized carbons (Fsp3) is 0.857. The zero-order chi connectivity index (χ0) is 8.43. The topological polar surface area (TPSA) is 60.8 Å². The zero-order valence-electron chi connectivity index (χ0n) is 6.53. The maximum Gasteiger partial charge on any atom is 0.320 e. The molecule has 0 amide bonds. The fourth-order valence-electron chi connectivity index (χ4n) is 1.43. The van der Waals surface area contributed by atoms with Gasteiger partial charge in [-0.3, -0.25) is 9.69 Å². The summed E-state index contributed by atoms with van der Waals surface area (Å²) in [4.78, 5) is 12.2. The first kappa shape index (κ1) is 8.49. The Morgan fingerprint density at radius 1 is 1.55 bits per heavy atom. The smallest absolute Gasteiger partial charge is 0.320 e. The van der Waals surface area contributed by atoms with Crippen LogP contribution in [0.5, 0.6) is 0 Å². The summed E-state index contributed by atoms with van der Waals surface area (Å²) in [6, 6.07) is -0.404. The summed E-state index contributed by atoms with van der Waals surface area (Å²) in [5.41, 5.74) is 0. The summed E-state index contributed by atoms with van der Waals surface area (Å²) >= 11 is 0. The molecule has 4 heteroatoms. The van der Waals surface area contributed by atoms with Crippen molar-refractivity contribution in [2.75, 3.05) is 13.6 Å². The molecule has 1 aliphatic rings. The van der Waals surface area contributed by atoms with Crippen LogP contribution in [0.4, 0.5) is 0 Å². The lowest BCUT2D eigenvalue weighted by atomic mass is 10.0. The van der Waals surface area contributed by atoms with Gasteiger partial charge in [0.2, 0.25) is 0 Å². The second kappa shape index (κ2) is 3.19. The summed E-state index contributed by atoms with van der Waals surface area (Å²) in [5, 5.41) is 17.8. The second-order valence-corrected chi connectivity index (χ2v) is 3.02. The van der Waals surface area contributed by atoms with E-state index in [4.69, 9.17) is 10.2 Å². The normalized spacial score (nSPS) is 33.6. The monoisotopic (exact) mass is 159 g/mol. The number of carbonyl (C=O) groups is 1. The van der Waals surface area contributed by atoms with E-state index in [2.05, 4.69) is 0 Å². The van der Waals surface area contributed by atoms with Crippen LogP contribution in [0.15, 0.2) is 0 Å². The van der Waals surface area contributed by atoms with E-state index in [1.165, 1.54) is 0 Å². The Kier molecular flexibility index (Phi) is 2.46. The lowest BCUT2D eigenvalue weighted by molar-refractivity contribution is -0.145. The van der Waals surface area contributed by atoms with Gasteiger partial charge in [-0.2, -0.15) is 0 Å². The average Bonchev–Trinajstić information content (AvgIpc) is 1.85. The molecule has 1 rings (SSSR count). The molecule has 4 nitrogen and oxygen atoms in total. The Morgan fingerprint density at radius 3 is 2.64 bits per heavy atom. The molecule has 1 saturated heterocycles. The number of aliphatic hydroxyl groups is 1. The number of likely N-dealkylation sites (tertiary alicyclic amines) is 1. The number of carboxylic acid groups (broad SMARTS) is 1. The predicted molar refractivity (Wildman–Crippen MR) is 39.3 cm³/mol. The third-order valence-corrected chi connectivity index (χ3v) is 2.09. The first-order valence-electron chi connectivity index (χ1n) is 3.72. The van der Waals surface area contributed by atoms with E-state index in [1.807, 2.05) is 0 Å². The molecule has 0 radical (unpaired) electrons. The van der Waals surface area contributed by atoms with Crippen LogP contribution in [0.1, 0.15) is 12.8 Å². The number of piperidine rings is 1. The van der Waals surface area contributed by atoms with Crippen LogP contribution in [-0.4, -0.2) is 46.8 Å². The fourth-order valence-corrected chi connectivity index (χ4v) is 1.43. The van der Waals surface area contributed by atoms with E-state index < -0.39 is 12.0 Å². The van der Waals surface area contributed by atoms with Crippen molar-refractivity contribution < 1.29 is 15.0 Å². The maximum absolute atomic E-state index is 10.5. The van der Waals surface area contributed by atoms with E-state index in [0.29, 0.717) is 19.4 Å². The molecule has 0 spiro atoms. The summed E-state index contributed by atoms with van der Waals surface area (Å²) in [6.07, 6.45) is 0.796. The molecular formula is C7H13NO3. The summed E-state index contributed by atoms with van der Waals surface area (Å²) in [5.74, 6) is -0.792. The van der Waals surface area contributed by atoms with E-state index >= 15 is 0 Å². The number of nitrogens with zero attached hydrogens (tertiary/aromatic N) is 1. The number of rotatable bonds is 1. The number of likely N-dealkylation sites (N-methyl/N-ethyl adjacent to an activating group) is 1. The van der Waals surface area contributed by atoms with Crippen LogP contribution in [0.25, 0.3) is 0 Å². The second-order valence-electron chi connectivity index (χ2n) is 3.02. The highest BCUT2D eigenvalue weighted by Gasteiger charge is 2.29. The summed E-state index contributed by atoms with van der Waals surface area (Å²) < 4.78 is 0. The molecule has 2 unspecified atom stereocenters. The average molecular weight is 159 g/mol. The van der Waals surface area contributed by atoms with Gasteiger partial charge >= 0.3 is 5.97 Å². The minimum absolute atomic E-state index is 0.351. The first-order chi connectivity index (χ1) is 5.11. The summed E-state index contributed by atoms with van der Waals surface area (Å²) in [7, 11) is 1.72. The third kappa shape index (κ3) is 1.91. The Labute approximate surface area is 65.4 Å². The Bertz CT molecular complexity index is 160. The highest BCUT2D eigenvalue weighted by atomic mass is 16.4. The molecular weight excluding hydrogens is 146 g/mol. The van der Waals surface area contributed by atoms with Gasteiger partial charge in [-0.25, -0.2) is 0 Å². The number of hydrogen-bond acceptors (Lipinski definition) is 3. The van der Waals surface area contributed by atoms with Gasteiger partial charge in [0, 0.05) is 6.54 Å². The summed E-state index contributed by atoms with van der Waals surface area (Å²) in [6.45, 7) is 0.469. The highest BCUT2D eigenvalue weighted by molar-refractivity contribution is 5.73. The lowest BCUT2D eigenvalue weighted by Gasteiger charge is -2.32. The number of carboxylic acids is 1. The number of hydrogen-bond donors (Lipinski definition) is 2. The molecule has 1 fully saturated rings. The Morgan fingerprint density at radius 2 is 2.18 bits per heavy atom. The van der Waals surface area contributed by atoms with Crippen molar-refractivity contribution in [1.29, 1.82) is 0 Å². The van der Waals surface area contributed by atoms with Crippen LogP contribution >= 0.6 is 0 Å². The van der Waals surface area contributed by atoms with Gasteiger partial charge in [0.1, 0.15) is 6.04 Å². The van der Waals surface area contributed by atoms with Crippen LogP contribution in [0.2, 0.25) is 0 Å². The van der Waals surface area contributed by atoms with Crippen molar-refractivity contribution >= 4 is 5.97 Å². The van der Waals surface area contributed by atoms with Crippen molar-refractivity contribution in [1.82, 2.24) is 4.90 Å². The van der Waals surface area contributed by atoms with Crippen molar-refractivity contribution in [3.05, 3.63) is 0 Å². The maximum atomic E-state index is 10.5. The first-order valence-corrected chi connectivity index (χ1v) is 3.72. The lowest BCUT2D eigenvalue weighted by Crippen LogP contribution is -2.46. The van der Waals surface area contributed by atoms with Crippen molar-refractivity contribution in [3.63, 3.8) is 0 Å². The quantitative estimate of drug-likeness (QED) is 0.543. The molecule has 1 heterocycles. The molecule has 2 N–H and O–H groups in total. The van der Waals surface area contributed by atoms with Crippen molar-refractivity contribution in [2.45, 2.75) is 25.0 Å².